The maximum atomic E-state index is 13.3. The minimum atomic E-state index is -0.430. The average Bonchev–Trinajstić information content (AvgIpc) is 2.88. The summed E-state index contributed by atoms with van der Waals surface area (Å²) in [7, 11) is 1.56. The first-order chi connectivity index (χ1) is 17.4. The van der Waals surface area contributed by atoms with Crippen LogP contribution in [0.2, 0.25) is 0 Å². The maximum absolute atomic E-state index is 13.3. The molecule has 7 nitrogen and oxygen atoms in total. The molecular weight excluding hydrogens is 459 g/mol. The molecule has 0 aromatic heterocycles. The third-order valence-corrected chi connectivity index (χ3v) is 6.32. The van der Waals surface area contributed by atoms with Gasteiger partial charge in [0.25, 0.3) is 5.91 Å². The average molecular weight is 491 g/mol. The van der Waals surface area contributed by atoms with E-state index in [1.807, 2.05) is 6.07 Å². The quantitative estimate of drug-likeness (QED) is 0.400. The Bertz CT molecular complexity index is 1210. The van der Waals surface area contributed by atoms with E-state index >= 15 is 0 Å². The van der Waals surface area contributed by atoms with Gasteiger partial charge in [0.1, 0.15) is 11.6 Å². The number of benzene rings is 3. The van der Waals surface area contributed by atoms with Crippen molar-refractivity contribution in [2.24, 2.45) is 5.92 Å². The van der Waals surface area contributed by atoms with Crippen LogP contribution in [0.3, 0.4) is 0 Å². The zero-order valence-corrected chi connectivity index (χ0v) is 20.5. The number of hydrogen-bond acceptors (Lipinski definition) is 4. The van der Waals surface area contributed by atoms with Crippen LogP contribution in [-0.2, 0) is 6.54 Å². The van der Waals surface area contributed by atoms with Crippen LogP contribution in [0.4, 0.5) is 26.2 Å². The number of piperidine rings is 1. The fourth-order valence-electron chi connectivity index (χ4n) is 4.19. The second-order valence-electron chi connectivity index (χ2n) is 9.02. The lowest BCUT2D eigenvalue weighted by Gasteiger charge is -2.33. The Balaban J connectivity index is 1.51. The van der Waals surface area contributed by atoms with Crippen molar-refractivity contribution in [3.63, 3.8) is 0 Å². The molecular formula is C28H31FN4O3. The lowest BCUT2D eigenvalue weighted by atomic mass is 9.97. The fraction of sp³-hybridized carbons (Fsp3) is 0.286. The first kappa shape index (κ1) is 25.0. The minimum Gasteiger partial charge on any atom is -0.497 e. The van der Waals surface area contributed by atoms with E-state index in [0.29, 0.717) is 28.6 Å². The van der Waals surface area contributed by atoms with Gasteiger partial charge in [0.15, 0.2) is 0 Å². The van der Waals surface area contributed by atoms with E-state index in [2.05, 4.69) is 27.8 Å². The van der Waals surface area contributed by atoms with Crippen molar-refractivity contribution in [2.75, 3.05) is 35.7 Å². The number of hydrogen-bond donors (Lipinski definition) is 3. The Labute approximate surface area is 210 Å². The van der Waals surface area contributed by atoms with Crippen LogP contribution in [0.15, 0.2) is 66.7 Å². The molecule has 8 heteroatoms. The minimum absolute atomic E-state index is 0.259. The molecule has 1 saturated heterocycles. The molecule has 3 aromatic rings. The summed E-state index contributed by atoms with van der Waals surface area (Å²) in [5, 5.41) is 8.51. The van der Waals surface area contributed by atoms with Crippen molar-refractivity contribution in [1.82, 2.24) is 5.32 Å². The molecule has 0 saturated carbocycles. The lowest BCUT2D eigenvalue weighted by molar-refractivity contribution is 0.0951. The number of halogens is 1. The van der Waals surface area contributed by atoms with Crippen LogP contribution < -0.4 is 25.6 Å². The Morgan fingerprint density at radius 2 is 1.67 bits per heavy atom. The molecule has 3 aromatic carbocycles. The van der Waals surface area contributed by atoms with Gasteiger partial charge >= 0.3 is 6.03 Å². The van der Waals surface area contributed by atoms with E-state index in [9.17, 15) is 14.0 Å². The first-order valence-electron chi connectivity index (χ1n) is 12.0. The molecule has 0 spiro atoms. The number of rotatable bonds is 7. The number of urea groups is 1. The monoisotopic (exact) mass is 490 g/mol. The Morgan fingerprint density at radius 1 is 0.972 bits per heavy atom. The van der Waals surface area contributed by atoms with E-state index in [1.165, 1.54) is 12.1 Å². The third-order valence-electron chi connectivity index (χ3n) is 6.32. The molecule has 0 atom stereocenters. The standard InChI is InChI=1S/C28H31FN4O3/c1-19-12-14-33(15-13-19)26-11-10-23(32-28(35)31-22-4-3-5-24(16-22)36-2)17-25(26)27(34)30-18-20-6-8-21(29)9-7-20/h3-11,16-17,19H,12-15,18H2,1-2H3,(H,30,34)(H2,31,32,35). The van der Waals surface area contributed by atoms with Gasteiger partial charge in [0, 0.05) is 42.8 Å². The summed E-state index contributed by atoms with van der Waals surface area (Å²) >= 11 is 0. The van der Waals surface area contributed by atoms with E-state index in [4.69, 9.17) is 4.74 Å². The summed E-state index contributed by atoms with van der Waals surface area (Å²) in [4.78, 5) is 28.1. The molecule has 1 heterocycles. The number of carbonyl (C=O) groups excluding carboxylic acids is 2. The van der Waals surface area contributed by atoms with E-state index < -0.39 is 6.03 Å². The molecule has 0 radical (unpaired) electrons. The molecule has 0 unspecified atom stereocenters. The summed E-state index contributed by atoms with van der Waals surface area (Å²) in [6.45, 7) is 4.23. The molecule has 36 heavy (non-hydrogen) atoms. The Hall–Kier alpha value is -4.07. The number of nitrogens with zero attached hydrogens (tertiary/aromatic N) is 1. The molecule has 1 aliphatic rings. The molecule has 1 fully saturated rings. The normalized spacial score (nSPS) is 13.7. The number of nitrogens with one attached hydrogen (secondary N) is 3. The molecule has 4 rings (SSSR count). The van der Waals surface area contributed by atoms with Crippen molar-refractivity contribution < 1.29 is 18.7 Å². The van der Waals surface area contributed by atoms with Crippen LogP contribution in [0.25, 0.3) is 0 Å². The number of carbonyl (C=O) groups is 2. The smallest absolute Gasteiger partial charge is 0.323 e. The molecule has 188 valence electrons. The highest BCUT2D eigenvalue weighted by molar-refractivity contribution is 6.04. The number of methoxy groups -OCH3 is 1. The summed E-state index contributed by atoms with van der Waals surface area (Å²) in [6.07, 6.45) is 2.11. The SMILES string of the molecule is COc1cccc(NC(=O)Nc2ccc(N3CCC(C)CC3)c(C(=O)NCc3ccc(F)cc3)c2)c1. The van der Waals surface area contributed by atoms with Crippen molar-refractivity contribution >= 4 is 29.0 Å². The van der Waals surface area contributed by atoms with E-state index in [0.717, 1.165) is 37.2 Å². The van der Waals surface area contributed by atoms with Gasteiger partial charge in [-0.3, -0.25) is 4.79 Å². The van der Waals surface area contributed by atoms with Crippen LogP contribution >= 0.6 is 0 Å². The van der Waals surface area contributed by atoms with Gasteiger partial charge in [-0.2, -0.15) is 0 Å². The predicted octanol–water partition coefficient (Wildman–Crippen LogP) is 5.64. The van der Waals surface area contributed by atoms with Gasteiger partial charge in [-0.1, -0.05) is 25.1 Å². The fourth-order valence-corrected chi connectivity index (χ4v) is 4.19. The first-order valence-corrected chi connectivity index (χ1v) is 12.0. The van der Waals surface area contributed by atoms with Crippen LogP contribution in [0.5, 0.6) is 5.75 Å². The largest absolute Gasteiger partial charge is 0.497 e. The van der Waals surface area contributed by atoms with Gasteiger partial charge in [-0.25, -0.2) is 9.18 Å². The van der Waals surface area contributed by atoms with Crippen molar-refractivity contribution in [3.05, 3.63) is 83.7 Å². The summed E-state index contributed by atoms with van der Waals surface area (Å²) in [6, 6.07) is 18.0. The highest BCUT2D eigenvalue weighted by Crippen LogP contribution is 2.29. The van der Waals surface area contributed by atoms with Crippen LogP contribution in [0, 0.1) is 11.7 Å². The maximum Gasteiger partial charge on any atom is 0.323 e. The molecule has 0 aliphatic carbocycles. The third kappa shape index (κ3) is 6.53. The number of anilines is 3. The predicted molar refractivity (Wildman–Crippen MR) is 140 cm³/mol. The highest BCUT2D eigenvalue weighted by atomic mass is 19.1. The van der Waals surface area contributed by atoms with E-state index in [1.54, 1.807) is 55.6 Å². The lowest BCUT2D eigenvalue weighted by Crippen LogP contribution is -2.35. The van der Waals surface area contributed by atoms with Crippen LogP contribution in [-0.4, -0.2) is 32.1 Å². The van der Waals surface area contributed by atoms with Gasteiger partial charge in [0.05, 0.1) is 12.7 Å². The number of amides is 3. The Kier molecular flexibility index (Phi) is 8.05. The van der Waals surface area contributed by atoms with Gasteiger partial charge < -0.3 is 25.6 Å². The molecule has 0 bridgehead atoms. The van der Waals surface area contributed by atoms with E-state index in [-0.39, 0.29) is 18.3 Å². The van der Waals surface area contributed by atoms with Gasteiger partial charge in [0.2, 0.25) is 0 Å². The van der Waals surface area contributed by atoms with Gasteiger partial charge in [-0.15, -0.1) is 0 Å². The highest BCUT2D eigenvalue weighted by Gasteiger charge is 2.22. The molecule has 1 aliphatic heterocycles. The molecule has 3 amide bonds. The summed E-state index contributed by atoms with van der Waals surface area (Å²) in [5.74, 6) is 0.703. The zero-order chi connectivity index (χ0) is 25.5. The van der Waals surface area contributed by atoms with Crippen molar-refractivity contribution in [3.8, 4) is 5.75 Å². The topological polar surface area (TPSA) is 82.7 Å². The summed E-state index contributed by atoms with van der Waals surface area (Å²) in [5.41, 5.74) is 3.19. The number of ether oxygens (including phenoxy) is 1. The Morgan fingerprint density at radius 3 is 2.36 bits per heavy atom. The van der Waals surface area contributed by atoms with Gasteiger partial charge in [-0.05, 0) is 66.8 Å². The molecule has 3 N–H and O–H groups in total. The second-order valence-corrected chi connectivity index (χ2v) is 9.02. The summed E-state index contributed by atoms with van der Waals surface area (Å²) < 4.78 is 18.4. The van der Waals surface area contributed by atoms with Crippen molar-refractivity contribution in [1.29, 1.82) is 0 Å². The van der Waals surface area contributed by atoms with Crippen LogP contribution in [0.1, 0.15) is 35.7 Å². The second kappa shape index (κ2) is 11.6. The zero-order valence-electron chi connectivity index (χ0n) is 20.5. The van der Waals surface area contributed by atoms with Crippen molar-refractivity contribution in [2.45, 2.75) is 26.3 Å².